The molecule has 38 heavy (non-hydrogen) atoms. The molecule has 0 saturated heterocycles. The van der Waals surface area contributed by atoms with Gasteiger partial charge in [-0.1, -0.05) is 60.5 Å². The minimum atomic E-state index is -4.54. The number of ether oxygens (including phenoxy) is 1. The summed E-state index contributed by atoms with van der Waals surface area (Å²) in [7, 11) is -3.13. The van der Waals surface area contributed by atoms with Gasteiger partial charge in [-0.25, -0.2) is 0 Å². The van der Waals surface area contributed by atoms with Crippen LogP contribution in [0.2, 0.25) is 10.0 Å². The molecule has 9 nitrogen and oxygen atoms in total. The van der Waals surface area contributed by atoms with Crippen LogP contribution in [0.3, 0.4) is 0 Å². The molecule has 4 aromatic rings. The molecule has 0 heterocycles. The lowest BCUT2D eigenvalue weighted by atomic mass is 10.0. The van der Waals surface area contributed by atoms with Gasteiger partial charge in [0.05, 0.1) is 33.3 Å². The Morgan fingerprint density at radius 3 is 2.47 bits per heavy atom. The standard InChI is InChI=1S/C26H21Cl2N3O6S/c1-3-14-11-16(38(34,35)36)13-21(22(14)28)30-31-23-17-8-5-4-7-15(17)12-18(24(23)32)26(33)29-20-10-6-9-19(27)25(20)37-2/h4-13,32H,3H2,1-2H3,(H,29,33)(H,34,35,36). The van der Waals surface area contributed by atoms with Gasteiger partial charge in [0.2, 0.25) is 0 Å². The van der Waals surface area contributed by atoms with Crippen molar-refractivity contribution in [1.29, 1.82) is 0 Å². The van der Waals surface area contributed by atoms with Gasteiger partial charge in [-0.05, 0) is 47.7 Å². The summed E-state index contributed by atoms with van der Waals surface area (Å²) in [5, 5.41) is 23.5. The molecule has 0 unspecified atom stereocenters. The van der Waals surface area contributed by atoms with Crippen molar-refractivity contribution in [2.45, 2.75) is 18.2 Å². The quantitative estimate of drug-likeness (QED) is 0.156. The summed E-state index contributed by atoms with van der Waals surface area (Å²) in [6, 6.07) is 15.5. The monoisotopic (exact) mass is 573 g/mol. The molecular formula is C26H21Cl2N3O6S. The Morgan fingerprint density at radius 2 is 1.79 bits per heavy atom. The number of rotatable bonds is 7. The van der Waals surface area contributed by atoms with E-state index in [1.54, 1.807) is 49.4 Å². The van der Waals surface area contributed by atoms with Crippen LogP contribution in [-0.4, -0.2) is 31.1 Å². The minimum absolute atomic E-state index is 0.0411. The average molecular weight is 574 g/mol. The number of para-hydroxylation sites is 1. The number of phenolic OH excluding ortho intramolecular Hbond substituents is 1. The molecule has 0 aliphatic carbocycles. The highest BCUT2D eigenvalue weighted by Gasteiger charge is 2.21. The number of anilines is 1. The number of hydrogen-bond donors (Lipinski definition) is 3. The van der Waals surface area contributed by atoms with E-state index in [9.17, 15) is 22.9 Å². The van der Waals surface area contributed by atoms with Crippen LogP contribution in [0.5, 0.6) is 11.5 Å². The Morgan fingerprint density at radius 1 is 1.05 bits per heavy atom. The zero-order valence-corrected chi connectivity index (χ0v) is 22.4. The van der Waals surface area contributed by atoms with E-state index in [-0.39, 0.29) is 32.7 Å². The SMILES string of the molecule is CCc1cc(S(=O)(=O)O)cc(N=Nc2c(O)c(C(=O)Nc3cccc(Cl)c3OC)cc3ccccc23)c1Cl. The molecule has 0 fully saturated rings. The Kier molecular flexibility index (Phi) is 7.89. The van der Waals surface area contributed by atoms with E-state index in [1.807, 2.05) is 0 Å². The van der Waals surface area contributed by atoms with Crippen LogP contribution in [0.25, 0.3) is 10.8 Å². The summed E-state index contributed by atoms with van der Waals surface area (Å²) < 4.78 is 38.3. The smallest absolute Gasteiger partial charge is 0.294 e. The maximum absolute atomic E-state index is 13.2. The van der Waals surface area contributed by atoms with E-state index in [0.717, 1.165) is 6.07 Å². The van der Waals surface area contributed by atoms with E-state index in [1.165, 1.54) is 19.2 Å². The van der Waals surface area contributed by atoms with Crippen LogP contribution in [0, 0.1) is 0 Å². The number of halogens is 2. The predicted molar refractivity (Wildman–Crippen MR) is 146 cm³/mol. The molecule has 0 aliphatic rings. The normalized spacial score (nSPS) is 11.7. The van der Waals surface area contributed by atoms with Gasteiger partial charge in [0.25, 0.3) is 16.0 Å². The maximum atomic E-state index is 13.2. The number of methoxy groups -OCH3 is 1. The largest absolute Gasteiger partial charge is 0.505 e. The van der Waals surface area contributed by atoms with Crippen molar-refractivity contribution in [3.8, 4) is 11.5 Å². The second-order valence-electron chi connectivity index (χ2n) is 8.06. The van der Waals surface area contributed by atoms with Gasteiger partial charge in [0, 0.05) is 5.39 Å². The van der Waals surface area contributed by atoms with Crippen molar-refractivity contribution in [3.05, 3.63) is 81.8 Å². The number of hydrogen-bond acceptors (Lipinski definition) is 7. The van der Waals surface area contributed by atoms with Crippen molar-refractivity contribution in [1.82, 2.24) is 0 Å². The minimum Gasteiger partial charge on any atom is -0.505 e. The summed E-state index contributed by atoms with van der Waals surface area (Å²) in [6.45, 7) is 1.76. The van der Waals surface area contributed by atoms with Crippen molar-refractivity contribution in [2.24, 2.45) is 10.2 Å². The van der Waals surface area contributed by atoms with Crippen LogP contribution in [-0.2, 0) is 16.5 Å². The number of nitrogens with one attached hydrogen (secondary N) is 1. The van der Waals surface area contributed by atoms with E-state index < -0.39 is 26.7 Å². The number of fused-ring (bicyclic) bond motifs is 1. The highest BCUT2D eigenvalue weighted by atomic mass is 35.5. The van der Waals surface area contributed by atoms with Gasteiger partial charge >= 0.3 is 0 Å². The second kappa shape index (κ2) is 11.0. The van der Waals surface area contributed by atoms with Gasteiger partial charge in [-0.15, -0.1) is 10.2 Å². The van der Waals surface area contributed by atoms with Crippen molar-refractivity contribution in [2.75, 3.05) is 12.4 Å². The molecule has 3 N–H and O–H groups in total. The topological polar surface area (TPSA) is 138 Å². The Bertz CT molecular complexity index is 1710. The first kappa shape index (κ1) is 27.3. The maximum Gasteiger partial charge on any atom is 0.294 e. The number of amides is 1. The lowest BCUT2D eigenvalue weighted by Gasteiger charge is -2.14. The van der Waals surface area contributed by atoms with E-state index in [4.69, 9.17) is 27.9 Å². The third-order valence-electron chi connectivity index (χ3n) is 5.70. The predicted octanol–water partition coefficient (Wildman–Crippen LogP) is 7.34. The molecule has 0 saturated carbocycles. The van der Waals surface area contributed by atoms with Crippen molar-refractivity contribution >= 4 is 67.1 Å². The Hall–Kier alpha value is -3.70. The Labute approximate surface area is 228 Å². The third kappa shape index (κ3) is 5.44. The number of carbonyl (C=O) groups is 1. The lowest BCUT2D eigenvalue weighted by Crippen LogP contribution is -2.13. The number of carbonyl (C=O) groups excluding carboxylic acids is 1. The van der Waals surface area contributed by atoms with Gasteiger partial charge < -0.3 is 15.2 Å². The molecule has 1 amide bonds. The fraction of sp³-hybridized carbons (Fsp3) is 0.115. The second-order valence-corrected chi connectivity index (χ2v) is 10.3. The van der Waals surface area contributed by atoms with E-state index in [2.05, 4.69) is 15.5 Å². The summed E-state index contributed by atoms with van der Waals surface area (Å²) in [5.74, 6) is -0.878. The Balaban J connectivity index is 1.84. The van der Waals surface area contributed by atoms with Gasteiger partial charge in [-0.2, -0.15) is 8.42 Å². The molecule has 4 rings (SSSR count). The highest BCUT2D eigenvalue weighted by molar-refractivity contribution is 7.85. The fourth-order valence-electron chi connectivity index (χ4n) is 3.82. The molecule has 12 heteroatoms. The first-order chi connectivity index (χ1) is 18.0. The summed E-state index contributed by atoms with van der Waals surface area (Å²) in [4.78, 5) is 12.8. The number of phenols is 1. The van der Waals surface area contributed by atoms with E-state index in [0.29, 0.717) is 28.4 Å². The van der Waals surface area contributed by atoms with Crippen molar-refractivity contribution in [3.63, 3.8) is 0 Å². The molecule has 196 valence electrons. The molecule has 0 aliphatic heterocycles. The third-order valence-corrected chi connectivity index (χ3v) is 7.26. The molecule has 0 bridgehead atoms. The highest BCUT2D eigenvalue weighted by Crippen LogP contribution is 2.41. The lowest BCUT2D eigenvalue weighted by molar-refractivity contribution is 0.102. The van der Waals surface area contributed by atoms with Crippen LogP contribution in [0.1, 0.15) is 22.8 Å². The number of aromatic hydroxyl groups is 1. The number of aryl methyl sites for hydroxylation is 1. The summed E-state index contributed by atoms with van der Waals surface area (Å²) in [6.07, 6.45) is 0.363. The van der Waals surface area contributed by atoms with Crippen LogP contribution in [0.4, 0.5) is 17.1 Å². The molecule has 0 atom stereocenters. The summed E-state index contributed by atoms with van der Waals surface area (Å²) in [5.41, 5.74) is 0.528. The summed E-state index contributed by atoms with van der Waals surface area (Å²) >= 11 is 12.5. The average Bonchev–Trinajstić information content (AvgIpc) is 2.88. The van der Waals surface area contributed by atoms with Gasteiger partial charge in [0.1, 0.15) is 11.4 Å². The number of nitrogens with zero attached hydrogens (tertiary/aromatic N) is 2. The molecule has 0 aromatic heterocycles. The van der Waals surface area contributed by atoms with Crippen LogP contribution >= 0.6 is 23.2 Å². The van der Waals surface area contributed by atoms with Crippen LogP contribution < -0.4 is 10.1 Å². The van der Waals surface area contributed by atoms with Crippen LogP contribution in [0.15, 0.2) is 75.8 Å². The van der Waals surface area contributed by atoms with Gasteiger partial charge in [0.15, 0.2) is 11.5 Å². The molecule has 0 radical (unpaired) electrons. The molecule has 0 spiro atoms. The molecule has 4 aromatic carbocycles. The zero-order valence-electron chi connectivity index (χ0n) is 20.1. The number of benzene rings is 4. The molecular weight excluding hydrogens is 553 g/mol. The van der Waals surface area contributed by atoms with E-state index >= 15 is 0 Å². The first-order valence-corrected chi connectivity index (χ1v) is 13.3. The first-order valence-electron chi connectivity index (χ1n) is 11.1. The fourth-order valence-corrected chi connectivity index (χ4v) is 4.90. The van der Waals surface area contributed by atoms with Crippen molar-refractivity contribution < 1.29 is 27.6 Å². The number of azo groups is 1. The zero-order chi connectivity index (χ0) is 27.6. The van der Waals surface area contributed by atoms with Gasteiger partial charge in [-0.3, -0.25) is 9.35 Å².